The SMILES string of the molecule is O=C(N[C@@H](Cc1ccccc1)C(=O)N[C@@H](Cc1ccccc1)C(=O)O)C1Cc2ccccc2CN1C(=O)[C@H](Cc1ccc(O)cc1)Nc1nc2nc[nH]c2c(=O)[nH]1. The number of carbonyl (C=O) groups is 4. The number of aromatic nitrogens is 4. The first-order valence-electron chi connectivity index (χ1n) is 18.4. The number of carboxylic acids is 1. The van der Waals surface area contributed by atoms with Crippen LogP contribution >= 0.6 is 0 Å². The summed E-state index contributed by atoms with van der Waals surface area (Å²) in [5, 5.41) is 28.6. The number of phenols is 1. The Hall–Kier alpha value is -7.29. The smallest absolute Gasteiger partial charge is 0.326 e. The molecular weight excluding hydrogens is 729 g/mol. The van der Waals surface area contributed by atoms with Gasteiger partial charge in [-0.25, -0.2) is 9.78 Å². The minimum atomic E-state index is -1.28. The third-order valence-corrected chi connectivity index (χ3v) is 9.93. The van der Waals surface area contributed by atoms with Gasteiger partial charge in [0.05, 0.1) is 6.33 Å². The number of aliphatic carboxylic acids is 1. The van der Waals surface area contributed by atoms with Crippen molar-refractivity contribution in [2.24, 2.45) is 0 Å². The van der Waals surface area contributed by atoms with E-state index in [0.717, 1.165) is 16.7 Å². The molecule has 1 unspecified atom stereocenters. The Kier molecular flexibility index (Phi) is 11.3. The second kappa shape index (κ2) is 17.0. The number of nitrogens with one attached hydrogen (secondary N) is 5. The fourth-order valence-corrected chi connectivity index (χ4v) is 6.98. The average Bonchev–Trinajstić information content (AvgIpc) is 3.70. The van der Waals surface area contributed by atoms with E-state index < -0.39 is 53.4 Å². The Balaban J connectivity index is 1.19. The van der Waals surface area contributed by atoms with E-state index in [1.54, 1.807) is 60.7 Å². The number of hydrogen-bond acceptors (Lipinski definition) is 9. The zero-order valence-electron chi connectivity index (χ0n) is 30.6. The van der Waals surface area contributed by atoms with Gasteiger partial charge in [-0.2, -0.15) is 4.98 Å². The molecule has 0 radical (unpaired) electrons. The van der Waals surface area contributed by atoms with Crippen molar-refractivity contribution in [3.63, 3.8) is 0 Å². The molecule has 3 heterocycles. The monoisotopic (exact) mass is 768 g/mol. The molecule has 0 aliphatic carbocycles. The van der Waals surface area contributed by atoms with Gasteiger partial charge in [-0.3, -0.25) is 24.2 Å². The average molecular weight is 769 g/mol. The number of imidazole rings is 1. The number of hydrogen-bond donors (Lipinski definition) is 7. The molecule has 1 aliphatic rings. The predicted molar refractivity (Wildman–Crippen MR) is 210 cm³/mol. The van der Waals surface area contributed by atoms with Gasteiger partial charge in [0.1, 0.15) is 29.9 Å². The summed E-state index contributed by atoms with van der Waals surface area (Å²) in [6.07, 6.45) is 1.61. The van der Waals surface area contributed by atoms with Crippen LogP contribution in [0.5, 0.6) is 5.75 Å². The molecule has 6 aromatic rings. The number of aromatic hydroxyl groups is 1. The first-order valence-corrected chi connectivity index (χ1v) is 18.4. The molecule has 0 saturated carbocycles. The first-order chi connectivity index (χ1) is 27.6. The van der Waals surface area contributed by atoms with Crippen LogP contribution in [0, 0.1) is 0 Å². The van der Waals surface area contributed by atoms with Crippen LogP contribution < -0.4 is 21.5 Å². The van der Waals surface area contributed by atoms with E-state index in [1.165, 1.54) is 23.4 Å². The highest BCUT2D eigenvalue weighted by Gasteiger charge is 2.39. The number of benzene rings is 4. The van der Waals surface area contributed by atoms with E-state index in [0.29, 0.717) is 11.1 Å². The molecule has 0 fully saturated rings. The lowest BCUT2D eigenvalue weighted by atomic mass is 9.91. The van der Waals surface area contributed by atoms with Crippen LogP contribution in [0.1, 0.15) is 27.8 Å². The van der Waals surface area contributed by atoms with Crippen molar-refractivity contribution in [3.8, 4) is 5.75 Å². The van der Waals surface area contributed by atoms with Crippen LogP contribution in [0.3, 0.4) is 0 Å². The molecule has 3 amide bonds. The summed E-state index contributed by atoms with van der Waals surface area (Å²) in [6, 6.07) is 27.0. The van der Waals surface area contributed by atoms with Gasteiger partial charge in [0.15, 0.2) is 11.2 Å². The maximum atomic E-state index is 14.8. The topological polar surface area (TPSA) is 222 Å². The lowest BCUT2D eigenvalue weighted by Gasteiger charge is -2.38. The molecule has 57 heavy (non-hydrogen) atoms. The Morgan fingerprint density at radius 1 is 0.754 bits per heavy atom. The molecule has 15 nitrogen and oxygen atoms in total. The van der Waals surface area contributed by atoms with Crippen molar-refractivity contribution >= 4 is 40.8 Å². The lowest BCUT2D eigenvalue weighted by molar-refractivity contribution is -0.144. The zero-order chi connectivity index (χ0) is 39.9. The van der Waals surface area contributed by atoms with Crippen molar-refractivity contribution in [3.05, 3.63) is 154 Å². The highest BCUT2D eigenvalue weighted by atomic mass is 16.4. The zero-order valence-corrected chi connectivity index (χ0v) is 30.6. The predicted octanol–water partition coefficient (Wildman–Crippen LogP) is 2.87. The highest BCUT2D eigenvalue weighted by Crippen LogP contribution is 2.26. The number of H-pyrrole nitrogens is 2. The molecule has 4 aromatic carbocycles. The van der Waals surface area contributed by atoms with Crippen LogP contribution in [0.2, 0.25) is 0 Å². The Labute approximate surface area is 326 Å². The lowest BCUT2D eigenvalue weighted by Crippen LogP contribution is -2.60. The summed E-state index contributed by atoms with van der Waals surface area (Å²) in [6.45, 7) is 0.0525. The number of rotatable bonds is 14. The fourth-order valence-electron chi connectivity index (χ4n) is 6.98. The molecule has 290 valence electrons. The second-order valence-electron chi connectivity index (χ2n) is 13.9. The van der Waals surface area contributed by atoms with Crippen LogP contribution in [0.4, 0.5) is 5.95 Å². The van der Waals surface area contributed by atoms with Crippen molar-refractivity contribution in [2.45, 2.75) is 56.4 Å². The minimum Gasteiger partial charge on any atom is -0.508 e. The Bertz CT molecular complexity index is 2440. The van der Waals surface area contributed by atoms with Gasteiger partial charge in [0.2, 0.25) is 23.7 Å². The fraction of sp³-hybridized carbons (Fsp3) is 0.214. The third kappa shape index (κ3) is 9.16. The van der Waals surface area contributed by atoms with Crippen LogP contribution in [0.25, 0.3) is 11.2 Å². The van der Waals surface area contributed by atoms with Crippen molar-refractivity contribution in [1.82, 2.24) is 35.5 Å². The van der Waals surface area contributed by atoms with Gasteiger partial charge in [0.25, 0.3) is 5.56 Å². The first kappa shape index (κ1) is 38.0. The molecule has 7 rings (SSSR count). The highest BCUT2D eigenvalue weighted by molar-refractivity contribution is 5.95. The number of anilines is 1. The summed E-state index contributed by atoms with van der Waals surface area (Å²) < 4.78 is 0. The number of carboxylic acid groups (broad SMARTS) is 1. The molecule has 7 N–H and O–H groups in total. The number of amides is 3. The summed E-state index contributed by atoms with van der Waals surface area (Å²) in [5.74, 6) is -3.01. The second-order valence-corrected chi connectivity index (χ2v) is 13.9. The van der Waals surface area contributed by atoms with Gasteiger partial charge < -0.3 is 36.0 Å². The maximum Gasteiger partial charge on any atom is 0.326 e. The minimum absolute atomic E-state index is 0.0155. The summed E-state index contributed by atoms with van der Waals surface area (Å²) in [4.78, 5) is 83.8. The van der Waals surface area contributed by atoms with E-state index in [1.807, 2.05) is 36.4 Å². The number of carbonyl (C=O) groups excluding carboxylic acids is 3. The van der Waals surface area contributed by atoms with Crippen molar-refractivity contribution < 1.29 is 29.4 Å². The Morgan fingerprint density at radius 3 is 2.02 bits per heavy atom. The van der Waals surface area contributed by atoms with Crippen molar-refractivity contribution in [1.29, 1.82) is 0 Å². The molecule has 0 saturated heterocycles. The van der Waals surface area contributed by atoms with Gasteiger partial charge >= 0.3 is 5.97 Å². The summed E-state index contributed by atoms with van der Waals surface area (Å²) in [7, 11) is 0. The van der Waals surface area contributed by atoms with E-state index in [-0.39, 0.29) is 55.1 Å². The van der Waals surface area contributed by atoms with Gasteiger partial charge in [-0.15, -0.1) is 0 Å². The molecule has 2 aromatic heterocycles. The Morgan fingerprint density at radius 2 is 1.35 bits per heavy atom. The third-order valence-electron chi connectivity index (χ3n) is 9.93. The normalized spacial score (nSPS) is 15.2. The van der Waals surface area contributed by atoms with Gasteiger partial charge in [-0.05, 0) is 39.9 Å². The molecule has 15 heteroatoms. The molecule has 1 aliphatic heterocycles. The number of phenolic OH excluding ortho intramolecular Hbond substituents is 1. The quantitative estimate of drug-likeness (QED) is 0.0859. The number of nitrogens with zero attached hydrogens (tertiary/aromatic N) is 3. The molecular formula is C42H40N8O7. The van der Waals surface area contributed by atoms with E-state index in [9.17, 15) is 34.2 Å². The number of fused-ring (bicyclic) bond motifs is 2. The van der Waals surface area contributed by atoms with Gasteiger partial charge in [0, 0.05) is 32.2 Å². The van der Waals surface area contributed by atoms with Crippen LogP contribution in [-0.2, 0) is 51.4 Å². The summed E-state index contributed by atoms with van der Waals surface area (Å²) in [5.41, 5.74) is 3.57. The van der Waals surface area contributed by atoms with E-state index in [2.05, 4.69) is 35.9 Å². The van der Waals surface area contributed by atoms with E-state index >= 15 is 0 Å². The number of aromatic amines is 2. The standard InChI is InChI=1S/C42H40N8O7/c51-30-17-15-27(16-18-30)20-32(47-42-48-36-35(39(54)49-42)43-24-44-36)40(55)50-23-29-14-8-7-13-28(29)22-34(50)38(53)45-31(19-25-9-3-1-4-10-25)37(52)46-33(41(56)57)21-26-11-5-2-6-12-26/h1-18,24,31-34,51H,19-23H2,(H,45,53)(H,46,52)(H,56,57)(H3,43,44,47,48,49,54)/t31-,32-,33-,34?/m0/s1. The van der Waals surface area contributed by atoms with Gasteiger partial charge in [-0.1, -0.05) is 97.1 Å². The molecule has 0 bridgehead atoms. The van der Waals surface area contributed by atoms with Crippen molar-refractivity contribution in [2.75, 3.05) is 5.32 Å². The largest absolute Gasteiger partial charge is 0.508 e. The van der Waals surface area contributed by atoms with Crippen LogP contribution in [-0.4, -0.2) is 82.9 Å². The molecule has 4 atom stereocenters. The maximum absolute atomic E-state index is 14.8. The molecule has 0 spiro atoms. The van der Waals surface area contributed by atoms with E-state index in [4.69, 9.17) is 0 Å². The van der Waals surface area contributed by atoms with Crippen LogP contribution in [0.15, 0.2) is 120 Å². The summed E-state index contributed by atoms with van der Waals surface area (Å²) >= 11 is 0.